The molecule has 3 rings (SSSR count). The summed E-state index contributed by atoms with van der Waals surface area (Å²) in [5, 5.41) is 0. The van der Waals surface area contributed by atoms with E-state index >= 15 is 0 Å². The van der Waals surface area contributed by atoms with E-state index in [0.717, 1.165) is 39.8 Å². The van der Waals surface area contributed by atoms with E-state index in [1.807, 2.05) is 19.1 Å². The summed E-state index contributed by atoms with van der Waals surface area (Å²) in [6.07, 6.45) is 0.839. The van der Waals surface area contributed by atoms with Gasteiger partial charge < -0.3 is 9.47 Å². The number of ether oxygens (including phenoxy) is 2. The van der Waals surface area contributed by atoms with Gasteiger partial charge >= 0.3 is 5.97 Å². The summed E-state index contributed by atoms with van der Waals surface area (Å²) in [6.45, 7) is 16.5. The van der Waals surface area contributed by atoms with Gasteiger partial charge in [-0.3, -0.25) is 0 Å². The van der Waals surface area contributed by atoms with Crippen LogP contribution in [0.25, 0.3) is 16.7 Å². The molecule has 0 heterocycles. The van der Waals surface area contributed by atoms with Gasteiger partial charge in [-0.2, -0.15) is 0 Å². The Kier molecular flexibility index (Phi) is 5.43. The Bertz CT molecular complexity index is 950. The maximum Gasteiger partial charge on any atom is 0.338 e. The van der Waals surface area contributed by atoms with Gasteiger partial charge in [-0.05, 0) is 65.8 Å². The molecule has 0 fully saturated rings. The Morgan fingerprint density at radius 2 is 1.63 bits per heavy atom. The van der Waals surface area contributed by atoms with E-state index in [1.54, 1.807) is 13.0 Å². The molecule has 0 radical (unpaired) electrons. The van der Waals surface area contributed by atoms with Crippen molar-refractivity contribution in [2.24, 2.45) is 0 Å². The van der Waals surface area contributed by atoms with Crippen LogP contribution < -0.4 is 4.74 Å². The zero-order chi connectivity index (χ0) is 19.6. The van der Waals surface area contributed by atoms with Gasteiger partial charge in [0.1, 0.15) is 5.75 Å². The lowest BCUT2D eigenvalue weighted by atomic mass is 10.0. The third-order valence-corrected chi connectivity index (χ3v) is 4.46. The monoisotopic (exact) mass is 360 g/mol. The van der Waals surface area contributed by atoms with Crippen molar-refractivity contribution in [3.8, 4) is 16.9 Å². The van der Waals surface area contributed by atoms with Crippen molar-refractivity contribution >= 4 is 11.5 Å². The van der Waals surface area contributed by atoms with E-state index in [1.165, 1.54) is 5.56 Å². The van der Waals surface area contributed by atoms with Crippen LogP contribution in [0.4, 0.5) is 0 Å². The number of carbonyl (C=O) groups is 1. The smallest absolute Gasteiger partial charge is 0.338 e. The number of fused-ring (bicyclic) bond motifs is 3. The quantitative estimate of drug-likeness (QED) is 0.187. The third kappa shape index (κ3) is 4.09. The molecular formula is C24H24O3. The molecule has 0 N–H and O–H groups in total. The predicted octanol–water partition coefficient (Wildman–Crippen LogP) is 5.35. The minimum atomic E-state index is -0.423. The normalized spacial score (nSPS) is 11.7. The molecule has 1 aliphatic carbocycles. The van der Waals surface area contributed by atoms with Crippen molar-refractivity contribution in [1.29, 1.82) is 0 Å². The largest absolute Gasteiger partial charge is 0.423 e. The van der Waals surface area contributed by atoms with Gasteiger partial charge in [-0.15, -0.1) is 0 Å². The Morgan fingerprint density at radius 3 is 2.30 bits per heavy atom. The molecule has 1 aliphatic rings. The van der Waals surface area contributed by atoms with E-state index in [2.05, 4.69) is 37.9 Å². The van der Waals surface area contributed by atoms with Gasteiger partial charge in [0, 0.05) is 5.57 Å². The molecule has 2 aromatic carbocycles. The van der Waals surface area contributed by atoms with Crippen molar-refractivity contribution < 1.29 is 14.3 Å². The first kappa shape index (κ1) is 18.9. The molecule has 138 valence electrons. The average molecular weight is 360 g/mol. The van der Waals surface area contributed by atoms with Crippen LogP contribution in [-0.4, -0.2) is 19.2 Å². The van der Waals surface area contributed by atoms with Crippen LogP contribution in [0.3, 0.4) is 0 Å². The first-order valence-corrected chi connectivity index (χ1v) is 8.93. The highest BCUT2D eigenvalue weighted by molar-refractivity contribution is 6.01. The van der Waals surface area contributed by atoms with Crippen molar-refractivity contribution in [3.05, 3.63) is 84.0 Å². The molecule has 3 nitrogen and oxygen atoms in total. The van der Waals surface area contributed by atoms with Crippen LogP contribution >= 0.6 is 0 Å². The highest BCUT2D eigenvalue weighted by Crippen LogP contribution is 2.45. The highest BCUT2D eigenvalue weighted by atomic mass is 16.5. The summed E-state index contributed by atoms with van der Waals surface area (Å²) in [5.41, 5.74) is 7.91. The van der Waals surface area contributed by atoms with E-state index in [0.29, 0.717) is 24.5 Å². The van der Waals surface area contributed by atoms with Gasteiger partial charge in [0.15, 0.2) is 0 Å². The molecule has 3 heteroatoms. The number of hydrogen-bond donors (Lipinski definition) is 0. The van der Waals surface area contributed by atoms with Gasteiger partial charge in [-0.1, -0.05) is 49.6 Å². The minimum absolute atomic E-state index is 0.371. The second-order valence-corrected chi connectivity index (χ2v) is 7.00. The van der Waals surface area contributed by atoms with E-state index in [9.17, 15) is 4.79 Å². The van der Waals surface area contributed by atoms with Crippen molar-refractivity contribution in [2.45, 2.75) is 20.3 Å². The lowest BCUT2D eigenvalue weighted by molar-refractivity contribution is -0.130. The molecule has 0 unspecified atom stereocenters. The standard InChI is InChI=1S/C24H24O3/c1-15(2)14-26-11-10-18-6-8-20-21-9-7-19(27-24(25)16(3)4)13-23(21)17(5)22(20)12-18/h6-9,12-13H,1,3,5,10-11,14H2,2,4H3. The van der Waals surface area contributed by atoms with Crippen LogP contribution in [0.5, 0.6) is 5.75 Å². The van der Waals surface area contributed by atoms with Gasteiger partial charge in [0.2, 0.25) is 0 Å². The first-order valence-electron chi connectivity index (χ1n) is 8.93. The van der Waals surface area contributed by atoms with Gasteiger partial charge in [0.05, 0.1) is 13.2 Å². The third-order valence-electron chi connectivity index (χ3n) is 4.46. The van der Waals surface area contributed by atoms with Gasteiger partial charge in [-0.25, -0.2) is 4.79 Å². The van der Waals surface area contributed by atoms with Gasteiger partial charge in [0.25, 0.3) is 0 Å². The zero-order valence-corrected chi connectivity index (χ0v) is 15.9. The van der Waals surface area contributed by atoms with Crippen LogP contribution in [0.1, 0.15) is 30.5 Å². The Balaban J connectivity index is 1.78. The Hall–Kier alpha value is -2.91. The maximum absolute atomic E-state index is 11.8. The summed E-state index contributed by atoms with van der Waals surface area (Å²) >= 11 is 0. The number of benzene rings is 2. The van der Waals surface area contributed by atoms with Crippen LogP contribution in [-0.2, 0) is 16.0 Å². The molecule has 2 aromatic rings. The zero-order valence-electron chi connectivity index (χ0n) is 15.9. The van der Waals surface area contributed by atoms with Crippen molar-refractivity contribution in [1.82, 2.24) is 0 Å². The van der Waals surface area contributed by atoms with Crippen molar-refractivity contribution in [3.63, 3.8) is 0 Å². The number of esters is 1. The molecule has 0 saturated heterocycles. The second-order valence-electron chi connectivity index (χ2n) is 7.00. The second kappa shape index (κ2) is 7.77. The molecule has 27 heavy (non-hydrogen) atoms. The molecular weight excluding hydrogens is 336 g/mol. The fourth-order valence-corrected chi connectivity index (χ4v) is 3.08. The van der Waals surface area contributed by atoms with Crippen LogP contribution in [0, 0.1) is 0 Å². The van der Waals surface area contributed by atoms with Crippen LogP contribution in [0.2, 0.25) is 0 Å². The average Bonchev–Trinajstić information content (AvgIpc) is 2.90. The van der Waals surface area contributed by atoms with E-state index in [-0.39, 0.29) is 0 Å². The number of hydrogen-bond acceptors (Lipinski definition) is 3. The molecule has 0 aromatic heterocycles. The number of carbonyl (C=O) groups excluding carboxylic acids is 1. The molecule has 0 saturated carbocycles. The molecule has 0 atom stereocenters. The lowest BCUT2D eigenvalue weighted by Gasteiger charge is -2.07. The summed E-state index contributed by atoms with van der Waals surface area (Å²) in [4.78, 5) is 11.8. The first-order chi connectivity index (χ1) is 12.9. The predicted molar refractivity (Wildman–Crippen MR) is 110 cm³/mol. The Labute approximate surface area is 160 Å². The molecule has 0 aliphatic heterocycles. The molecule has 0 amide bonds. The fraction of sp³-hybridized carbons (Fsp3) is 0.208. The Morgan fingerprint density at radius 1 is 0.963 bits per heavy atom. The van der Waals surface area contributed by atoms with E-state index in [4.69, 9.17) is 9.47 Å². The van der Waals surface area contributed by atoms with Crippen LogP contribution in [0.15, 0.2) is 67.3 Å². The summed E-state index contributed by atoms with van der Waals surface area (Å²) in [7, 11) is 0. The topological polar surface area (TPSA) is 35.5 Å². The summed E-state index contributed by atoms with van der Waals surface area (Å²) in [6, 6.07) is 12.1. The summed E-state index contributed by atoms with van der Waals surface area (Å²) < 4.78 is 11.0. The fourth-order valence-electron chi connectivity index (χ4n) is 3.08. The SMILES string of the molecule is C=C(C)COCCc1ccc2c(c1)C(=C)c1cc(OC(=O)C(=C)C)ccc1-2. The number of rotatable bonds is 7. The molecule has 0 bridgehead atoms. The lowest BCUT2D eigenvalue weighted by Crippen LogP contribution is -2.08. The maximum atomic E-state index is 11.8. The highest BCUT2D eigenvalue weighted by Gasteiger charge is 2.23. The van der Waals surface area contributed by atoms with Crippen molar-refractivity contribution in [2.75, 3.05) is 13.2 Å². The van der Waals surface area contributed by atoms with E-state index < -0.39 is 5.97 Å². The minimum Gasteiger partial charge on any atom is -0.423 e. The molecule has 0 spiro atoms. The summed E-state index contributed by atoms with van der Waals surface area (Å²) in [5.74, 6) is 0.0808.